The van der Waals surface area contributed by atoms with Gasteiger partial charge >= 0.3 is 5.97 Å². The second-order valence-electron chi connectivity index (χ2n) is 2.70. The molecule has 5 heteroatoms. The molecule has 0 aromatic heterocycles. The van der Waals surface area contributed by atoms with Gasteiger partial charge in [0.25, 0.3) is 0 Å². The molecule has 0 amide bonds. The zero-order chi connectivity index (χ0) is 9.84. The van der Waals surface area contributed by atoms with Crippen molar-refractivity contribution in [3.05, 3.63) is 11.6 Å². The van der Waals surface area contributed by atoms with Crippen molar-refractivity contribution in [2.75, 3.05) is 26.0 Å². The topological polar surface area (TPSA) is 46.6 Å². The number of carbonyl (C=O) groups excluding carboxylic acids is 1. The van der Waals surface area contributed by atoms with E-state index in [1.54, 1.807) is 23.6 Å². The van der Waals surface area contributed by atoms with E-state index >= 15 is 0 Å². The fourth-order valence-electron chi connectivity index (χ4n) is 1.10. The molecule has 1 aliphatic heterocycles. The van der Waals surface area contributed by atoms with Gasteiger partial charge < -0.3 is 4.74 Å². The molecule has 1 atom stereocenters. The lowest BCUT2D eigenvalue weighted by atomic mass is 10.3. The number of hydrogen-bond donors (Lipinski definition) is 0. The second-order valence-corrected chi connectivity index (χ2v) is 4.06. The lowest BCUT2D eigenvalue weighted by Gasteiger charge is -2.10. The molecule has 0 aromatic carbocycles. The van der Waals surface area contributed by atoms with Crippen molar-refractivity contribution >= 4 is 17.0 Å². The predicted molar refractivity (Wildman–Crippen MR) is 50.4 cm³/mol. The van der Waals surface area contributed by atoms with Gasteiger partial charge in [0.1, 0.15) is 0 Å². The summed E-state index contributed by atoms with van der Waals surface area (Å²) < 4.78 is 17.5. The molecule has 74 valence electrons. The summed E-state index contributed by atoms with van der Waals surface area (Å²) in [6, 6.07) is 0. The van der Waals surface area contributed by atoms with Crippen molar-refractivity contribution in [1.29, 1.82) is 0 Å². The average molecular weight is 203 g/mol. The van der Waals surface area contributed by atoms with Gasteiger partial charge in [0, 0.05) is 24.9 Å². The van der Waals surface area contributed by atoms with Gasteiger partial charge in [-0.2, -0.15) is 0 Å². The molecule has 0 N–H and O–H groups in total. The summed E-state index contributed by atoms with van der Waals surface area (Å²) in [6.07, 6.45) is 3.36. The monoisotopic (exact) mass is 203 g/mol. The Balaban J connectivity index is 2.48. The van der Waals surface area contributed by atoms with Crippen LogP contribution in [0.5, 0.6) is 0 Å². The number of nitrogens with zero attached hydrogens (tertiary/aromatic N) is 1. The van der Waals surface area contributed by atoms with E-state index < -0.39 is 11.0 Å². The lowest BCUT2D eigenvalue weighted by Crippen LogP contribution is -2.24. The van der Waals surface area contributed by atoms with Crippen molar-refractivity contribution in [3.63, 3.8) is 0 Å². The summed E-state index contributed by atoms with van der Waals surface area (Å²) in [5.74, 6) is -0.296. The largest absolute Gasteiger partial charge is 0.463 e. The Labute approximate surface area is 80.1 Å². The van der Waals surface area contributed by atoms with E-state index in [4.69, 9.17) is 4.74 Å². The Kier molecular flexibility index (Phi) is 3.62. The van der Waals surface area contributed by atoms with Crippen LogP contribution in [0.4, 0.5) is 0 Å². The third kappa shape index (κ3) is 2.63. The zero-order valence-electron chi connectivity index (χ0n) is 7.78. The van der Waals surface area contributed by atoms with Crippen LogP contribution in [0.15, 0.2) is 11.6 Å². The van der Waals surface area contributed by atoms with E-state index in [9.17, 15) is 9.00 Å². The van der Waals surface area contributed by atoms with E-state index in [-0.39, 0.29) is 5.97 Å². The summed E-state index contributed by atoms with van der Waals surface area (Å²) in [5.41, 5.74) is 0.608. The molecule has 1 rings (SSSR count). The molecule has 0 radical (unpaired) electrons. The summed E-state index contributed by atoms with van der Waals surface area (Å²) in [6.45, 7) is 3.15. The molecule has 0 unspecified atom stereocenters. The first-order chi connectivity index (χ1) is 6.15. The van der Waals surface area contributed by atoms with Gasteiger partial charge in [0.15, 0.2) is 0 Å². The van der Waals surface area contributed by atoms with E-state index in [0.717, 1.165) is 0 Å². The molecular formula is C8H13NO3S. The van der Waals surface area contributed by atoms with E-state index in [1.807, 2.05) is 0 Å². The summed E-state index contributed by atoms with van der Waals surface area (Å²) in [4.78, 5) is 11.2. The molecule has 0 aliphatic carbocycles. The average Bonchev–Trinajstić information content (AvgIpc) is 2.52. The van der Waals surface area contributed by atoms with Crippen molar-refractivity contribution in [3.8, 4) is 0 Å². The molecule has 0 fully saturated rings. The zero-order valence-corrected chi connectivity index (χ0v) is 8.60. The highest BCUT2D eigenvalue weighted by molar-refractivity contribution is 7.81. The van der Waals surface area contributed by atoms with Crippen LogP contribution in [0, 0.1) is 0 Å². The molecular weight excluding hydrogens is 190 g/mol. The maximum Gasteiger partial charge on any atom is 0.335 e. The minimum absolute atomic E-state index is 0.296. The Morgan fingerprint density at radius 1 is 1.77 bits per heavy atom. The minimum atomic E-state index is -1.01. The summed E-state index contributed by atoms with van der Waals surface area (Å²) >= 11 is 0. The molecule has 13 heavy (non-hydrogen) atoms. The number of hydrogen-bond acceptors (Lipinski definition) is 3. The standard InChI is InChI=1S/C8H13NO3S/c1-3-12-8(10)7-4-5-9(6-7)13(2)11/h4H,3,5-6H2,1-2H3/t13-/m1/s1. The van der Waals surface area contributed by atoms with Crippen LogP contribution in [0.3, 0.4) is 0 Å². The van der Waals surface area contributed by atoms with Crippen LogP contribution in [0.25, 0.3) is 0 Å². The van der Waals surface area contributed by atoms with Gasteiger partial charge in [-0.1, -0.05) is 6.08 Å². The highest BCUT2D eigenvalue weighted by Crippen LogP contribution is 2.11. The Morgan fingerprint density at radius 2 is 2.46 bits per heavy atom. The maximum absolute atomic E-state index is 11.2. The SMILES string of the molecule is CCOC(=O)C1=CCN([S@@](C)=O)C1. The fraction of sp³-hybridized carbons (Fsp3) is 0.625. The van der Waals surface area contributed by atoms with Crippen LogP contribution in [0.1, 0.15) is 6.92 Å². The van der Waals surface area contributed by atoms with E-state index in [1.165, 1.54) is 0 Å². The number of esters is 1. The maximum atomic E-state index is 11.2. The molecule has 0 spiro atoms. The van der Waals surface area contributed by atoms with Gasteiger partial charge in [-0.25, -0.2) is 13.3 Å². The fourth-order valence-corrected chi connectivity index (χ4v) is 1.70. The van der Waals surface area contributed by atoms with Crippen LogP contribution in [-0.2, 0) is 20.5 Å². The number of rotatable bonds is 3. The van der Waals surface area contributed by atoms with Crippen molar-refractivity contribution in [2.24, 2.45) is 0 Å². The van der Waals surface area contributed by atoms with Gasteiger partial charge in [0.2, 0.25) is 0 Å². The van der Waals surface area contributed by atoms with Crippen LogP contribution >= 0.6 is 0 Å². The third-order valence-electron chi connectivity index (χ3n) is 1.79. The predicted octanol–water partition coefficient (Wildman–Crippen LogP) is 0.0850. The molecule has 0 bridgehead atoms. The Morgan fingerprint density at radius 3 is 2.92 bits per heavy atom. The molecule has 0 aromatic rings. The van der Waals surface area contributed by atoms with Crippen LogP contribution < -0.4 is 0 Å². The summed E-state index contributed by atoms with van der Waals surface area (Å²) in [7, 11) is -1.01. The Bertz CT molecular complexity index is 262. The van der Waals surface area contributed by atoms with Crippen LogP contribution in [-0.4, -0.2) is 40.4 Å². The first-order valence-corrected chi connectivity index (χ1v) is 5.61. The van der Waals surface area contributed by atoms with E-state index in [0.29, 0.717) is 25.3 Å². The second kappa shape index (κ2) is 4.53. The van der Waals surface area contributed by atoms with Gasteiger partial charge in [-0.05, 0) is 6.92 Å². The first-order valence-electron chi connectivity index (χ1n) is 4.09. The number of ether oxygens (including phenoxy) is 1. The summed E-state index contributed by atoms with van der Waals surface area (Å²) in [5, 5.41) is 0. The third-order valence-corrected chi connectivity index (χ3v) is 2.79. The van der Waals surface area contributed by atoms with Crippen molar-refractivity contribution < 1.29 is 13.7 Å². The highest BCUT2D eigenvalue weighted by atomic mass is 32.2. The molecule has 1 heterocycles. The molecule has 1 aliphatic rings. The van der Waals surface area contributed by atoms with Gasteiger partial charge in [0.05, 0.1) is 17.6 Å². The van der Waals surface area contributed by atoms with Crippen LogP contribution in [0.2, 0.25) is 0 Å². The normalized spacial score (nSPS) is 19.7. The van der Waals surface area contributed by atoms with Crippen molar-refractivity contribution in [2.45, 2.75) is 6.92 Å². The van der Waals surface area contributed by atoms with E-state index in [2.05, 4.69) is 0 Å². The smallest absolute Gasteiger partial charge is 0.335 e. The lowest BCUT2D eigenvalue weighted by molar-refractivity contribution is -0.138. The first kappa shape index (κ1) is 10.4. The minimum Gasteiger partial charge on any atom is -0.463 e. The molecule has 0 saturated heterocycles. The molecule has 4 nitrogen and oxygen atoms in total. The Hall–Kier alpha value is -0.680. The molecule has 0 saturated carbocycles. The van der Waals surface area contributed by atoms with Gasteiger partial charge in [-0.3, -0.25) is 0 Å². The quantitative estimate of drug-likeness (QED) is 0.610. The highest BCUT2D eigenvalue weighted by Gasteiger charge is 2.22. The van der Waals surface area contributed by atoms with Gasteiger partial charge in [-0.15, -0.1) is 0 Å². The van der Waals surface area contributed by atoms with Crippen molar-refractivity contribution in [1.82, 2.24) is 4.31 Å². The number of carbonyl (C=O) groups is 1.